The van der Waals surface area contributed by atoms with Crippen LogP contribution in [0.3, 0.4) is 0 Å². The molecule has 3 N–H and O–H groups in total. The molecule has 0 aromatic heterocycles. The molecular formula is C16H14FN4O2+. The maximum atomic E-state index is 13.2. The molecule has 0 radical (unpaired) electrons. The molecule has 6 nitrogen and oxygen atoms in total. The van der Waals surface area contributed by atoms with Gasteiger partial charge in [-0.1, -0.05) is 12.1 Å². The first-order valence-electron chi connectivity index (χ1n) is 7.28. The number of rotatable bonds is 1. The van der Waals surface area contributed by atoms with Gasteiger partial charge in [-0.25, -0.2) is 9.38 Å². The van der Waals surface area contributed by atoms with Crippen LogP contribution in [0, 0.1) is 39.3 Å². The van der Waals surface area contributed by atoms with Crippen molar-refractivity contribution in [1.82, 2.24) is 0 Å². The molecule has 1 saturated heterocycles. The van der Waals surface area contributed by atoms with Gasteiger partial charge in [-0.2, -0.15) is 10.5 Å². The molecule has 1 spiro atoms. The third kappa shape index (κ3) is 1.31. The number of nitriles is 2. The standard InChI is InChI=1S/C16H13FN4O2/c1-9-6-22-16(23-9)15(8-19)12(10-2-4-11(17)5-3-10)14(15,7-18)13(20)21-16/h2-5,9,12H,6H2,1H3,(H2,20,21)/p+1/t9-,12+,14+,15+,16+/m0/s1. The van der Waals surface area contributed by atoms with E-state index in [4.69, 9.17) is 15.2 Å². The topological polar surface area (TPSA) is 106 Å². The number of ether oxygens (including phenoxy) is 2. The van der Waals surface area contributed by atoms with Crippen LogP contribution in [0.1, 0.15) is 18.4 Å². The summed E-state index contributed by atoms with van der Waals surface area (Å²) < 4.78 is 24.8. The van der Waals surface area contributed by atoms with Gasteiger partial charge in [0.05, 0.1) is 24.8 Å². The Morgan fingerprint density at radius 2 is 2.00 bits per heavy atom. The molecule has 7 heteroatoms. The number of benzene rings is 1. The number of nitrogens with zero attached hydrogens (tertiary/aromatic N) is 2. The minimum atomic E-state index is -1.44. The molecule has 4 rings (SSSR count). The summed E-state index contributed by atoms with van der Waals surface area (Å²) in [7, 11) is 0. The molecule has 2 aliphatic heterocycles. The van der Waals surface area contributed by atoms with Gasteiger partial charge in [-0.15, -0.1) is 0 Å². The minimum Gasteiger partial charge on any atom is -0.311 e. The zero-order chi connectivity index (χ0) is 16.5. The van der Waals surface area contributed by atoms with Gasteiger partial charge in [-0.3, -0.25) is 5.73 Å². The first-order chi connectivity index (χ1) is 11.0. The molecular weight excluding hydrogens is 299 g/mol. The van der Waals surface area contributed by atoms with Crippen LogP contribution in [-0.2, 0) is 9.47 Å². The second-order valence-corrected chi connectivity index (χ2v) is 6.22. The predicted octanol–water partition coefficient (Wildman–Crippen LogP) is -0.517. The van der Waals surface area contributed by atoms with Gasteiger partial charge in [-0.05, 0) is 24.6 Å². The number of nitrogens with one attached hydrogen (secondary N) is 1. The molecule has 5 atom stereocenters. The van der Waals surface area contributed by atoms with Crippen LogP contribution in [0.2, 0.25) is 0 Å². The summed E-state index contributed by atoms with van der Waals surface area (Å²) in [5.74, 6) is -2.22. The Hall–Kier alpha value is -2.48. The van der Waals surface area contributed by atoms with Gasteiger partial charge >= 0.3 is 5.91 Å². The van der Waals surface area contributed by atoms with Gasteiger partial charge in [0.25, 0.3) is 5.84 Å². The summed E-state index contributed by atoms with van der Waals surface area (Å²) >= 11 is 0. The summed E-state index contributed by atoms with van der Waals surface area (Å²) in [4.78, 5) is 2.88. The van der Waals surface area contributed by atoms with Crippen molar-refractivity contribution in [2.24, 2.45) is 16.6 Å². The van der Waals surface area contributed by atoms with E-state index in [1.165, 1.54) is 12.1 Å². The maximum absolute atomic E-state index is 13.2. The normalized spacial score (nSPS) is 43.6. The highest BCUT2D eigenvalue weighted by Gasteiger charge is 2.97. The number of hydrogen-bond donors (Lipinski definition) is 2. The molecule has 116 valence electrons. The Labute approximate surface area is 131 Å². The first-order valence-corrected chi connectivity index (χ1v) is 7.28. The molecule has 1 aromatic rings. The Kier molecular flexibility index (Phi) is 2.51. The zero-order valence-corrected chi connectivity index (χ0v) is 12.3. The third-order valence-electron chi connectivity index (χ3n) is 5.09. The first kappa shape index (κ1) is 14.1. The number of hydrogen-bond acceptors (Lipinski definition) is 5. The van der Waals surface area contributed by atoms with Crippen LogP contribution in [0.25, 0.3) is 0 Å². The second-order valence-electron chi connectivity index (χ2n) is 6.22. The van der Waals surface area contributed by atoms with E-state index in [1.54, 1.807) is 12.1 Å². The molecule has 0 amide bonds. The minimum absolute atomic E-state index is 0.157. The van der Waals surface area contributed by atoms with Gasteiger partial charge in [0.15, 0.2) is 10.8 Å². The van der Waals surface area contributed by atoms with E-state index in [1.807, 2.05) is 6.92 Å². The van der Waals surface area contributed by atoms with E-state index < -0.39 is 22.7 Å². The molecule has 0 bridgehead atoms. The van der Waals surface area contributed by atoms with Crippen LogP contribution in [0.4, 0.5) is 4.39 Å². The van der Waals surface area contributed by atoms with E-state index >= 15 is 0 Å². The van der Waals surface area contributed by atoms with Crippen LogP contribution in [0.5, 0.6) is 0 Å². The average Bonchev–Trinajstić information content (AvgIpc) is 2.92. The fourth-order valence-electron chi connectivity index (χ4n) is 4.12. The lowest BCUT2D eigenvalue weighted by Gasteiger charge is -2.23. The second kappa shape index (κ2) is 4.08. The summed E-state index contributed by atoms with van der Waals surface area (Å²) in [6.45, 7) is 2.11. The zero-order valence-electron chi connectivity index (χ0n) is 12.3. The lowest BCUT2D eigenvalue weighted by atomic mass is 9.94. The lowest BCUT2D eigenvalue weighted by Crippen LogP contribution is -2.90. The molecule has 3 aliphatic rings. The van der Waals surface area contributed by atoms with Crippen LogP contribution < -0.4 is 10.7 Å². The maximum Gasteiger partial charge on any atom is 0.343 e. The molecule has 1 saturated carbocycles. The monoisotopic (exact) mass is 313 g/mol. The molecule has 23 heavy (non-hydrogen) atoms. The number of halogens is 1. The number of amidine groups is 1. The Balaban J connectivity index is 1.91. The Bertz CT molecular complexity index is 811. The van der Waals surface area contributed by atoms with E-state index in [9.17, 15) is 14.9 Å². The van der Waals surface area contributed by atoms with Crippen molar-refractivity contribution in [2.75, 3.05) is 6.61 Å². The Morgan fingerprint density at radius 1 is 1.30 bits per heavy atom. The molecule has 2 fully saturated rings. The molecule has 2 heterocycles. The highest BCUT2D eigenvalue weighted by molar-refractivity contribution is 5.95. The summed E-state index contributed by atoms with van der Waals surface area (Å²) in [5.41, 5.74) is 4.17. The average molecular weight is 313 g/mol. The van der Waals surface area contributed by atoms with Crippen molar-refractivity contribution in [3.05, 3.63) is 35.6 Å². The molecule has 1 aromatic carbocycles. The third-order valence-corrected chi connectivity index (χ3v) is 5.09. The van der Waals surface area contributed by atoms with Crippen molar-refractivity contribution in [1.29, 1.82) is 10.5 Å². The van der Waals surface area contributed by atoms with Crippen molar-refractivity contribution in [3.8, 4) is 12.1 Å². The number of fused-ring (bicyclic) bond motifs is 2. The largest absolute Gasteiger partial charge is 0.343 e. The predicted molar refractivity (Wildman–Crippen MR) is 74.6 cm³/mol. The lowest BCUT2D eigenvalue weighted by molar-refractivity contribution is -0.677. The van der Waals surface area contributed by atoms with E-state index in [0.29, 0.717) is 12.2 Å². The Morgan fingerprint density at radius 3 is 2.52 bits per heavy atom. The van der Waals surface area contributed by atoms with Crippen molar-refractivity contribution >= 4 is 5.84 Å². The van der Waals surface area contributed by atoms with Crippen LogP contribution in [-0.4, -0.2) is 24.5 Å². The van der Waals surface area contributed by atoms with Gasteiger partial charge in [0, 0.05) is 5.92 Å². The van der Waals surface area contributed by atoms with Gasteiger partial charge in [0.2, 0.25) is 0 Å². The van der Waals surface area contributed by atoms with Crippen molar-refractivity contribution in [2.45, 2.75) is 24.9 Å². The van der Waals surface area contributed by atoms with E-state index in [2.05, 4.69) is 17.1 Å². The quantitative estimate of drug-likeness (QED) is 0.726. The fourth-order valence-corrected chi connectivity index (χ4v) is 4.12. The van der Waals surface area contributed by atoms with Crippen molar-refractivity contribution < 1.29 is 18.9 Å². The smallest absolute Gasteiger partial charge is 0.311 e. The summed E-state index contributed by atoms with van der Waals surface area (Å²) in [6.07, 6.45) is -0.232. The highest BCUT2D eigenvalue weighted by atomic mass is 19.1. The summed E-state index contributed by atoms with van der Waals surface area (Å²) in [6, 6.07) is 10.1. The van der Waals surface area contributed by atoms with E-state index in [-0.39, 0.29) is 17.8 Å². The fraction of sp³-hybridized carbons (Fsp3) is 0.438. The van der Waals surface area contributed by atoms with Crippen LogP contribution >= 0.6 is 0 Å². The van der Waals surface area contributed by atoms with Crippen LogP contribution in [0.15, 0.2) is 24.3 Å². The van der Waals surface area contributed by atoms with Crippen molar-refractivity contribution in [3.63, 3.8) is 0 Å². The van der Waals surface area contributed by atoms with E-state index in [0.717, 1.165) is 0 Å². The summed E-state index contributed by atoms with van der Waals surface area (Å²) in [5, 5.41) is 19.7. The SMILES string of the molecule is C[C@H]1CO[C@@]2([NH+]=C(N)[C@@]3(C#N)[C@@H](c4ccc(F)cc4)[C@@]23C#N)O1. The van der Waals surface area contributed by atoms with Gasteiger partial charge in [0.1, 0.15) is 5.82 Å². The highest BCUT2D eigenvalue weighted by Crippen LogP contribution is 2.79. The van der Waals surface area contributed by atoms with Gasteiger partial charge < -0.3 is 9.47 Å². The number of nitrogens with two attached hydrogens (primary N) is 1. The molecule has 1 aliphatic carbocycles. The molecule has 0 unspecified atom stereocenters.